The monoisotopic (exact) mass is 388 g/mol. The number of hydrogen-bond donors (Lipinski definition) is 1. The van der Waals surface area contributed by atoms with Crippen molar-refractivity contribution in [1.29, 1.82) is 0 Å². The zero-order chi connectivity index (χ0) is 19.1. The van der Waals surface area contributed by atoms with E-state index in [0.29, 0.717) is 16.0 Å². The highest BCUT2D eigenvalue weighted by molar-refractivity contribution is 7.16. The first-order valence-electron chi connectivity index (χ1n) is 9.01. The average Bonchev–Trinajstić information content (AvgIpc) is 3.13. The maximum absolute atomic E-state index is 12.5. The molecule has 7 heteroatoms. The molecule has 1 aliphatic carbocycles. The Kier molecular flexibility index (Phi) is 4.02. The highest BCUT2D eigenvalue weighted by Crippen LogP contribution is 2.37. The molecule has 4 aromatic rings. The van der Waals surface area contributed by atoms with Crippen LogP contribution in [0.15, 0.2) is 59.7 Å². The Hall–Kier alpha value is -3.32. The third kappa shape index (κ3) is 2.90. The summed E-state index contributed by atoms with van der Waals surface area (Å²) in [6.07, 6.45) is 3.32. The predicted octanol–water partition coefficient (Wildman–Crippen LogP) is 3.26. The van der Waals surface area contributed by atoms with Crippen molar-refractivity contribution in [3.63, 3.8) is 0 Å². The third-order valence-corrected chi connectivity index (χ3v) is 5.91. The van der Waals surface area contributed by atoms with Gasteiger partial charge in [0.15, 0.2) is 5.13 Å². The van der Waals surface area contributed by atoms with E-state index in [1.807, 2.05) is 18.2 Å². The minimum atomic E-state index is -0.293. The maximum Gasteiger partial charge on any atom is 0.261 e. The van der Waals surface area contributed by atoms with Gasteiger partial charge in [-0.3, -0.25) is 14.2 Å². The third-order valence-electron chi connectivity index (χ3n) is 4.88. The molecule has 2 heterocycles. The molecule has 0 atom stereocenters. The average molecular weight is 388 g/mol. The summed E-state index contributed by atoms with van der Waals surface area (Å²) in [4.78, 5) is 35.1. The van der Waals surface area contributed by atoms with E-state index in [4.69, 9.17) is 0 Å². The molecule has 0 fully saturated rings. The summed E-state index contributed by atoms with van der Waals surface area (Å²) in [5.74, 6) is -0.293. The van der Waals surface area contributed by atoms with Crippen LogP contribution in [0.25, 0.3) is 22.2 Å². The number of carbonyl (C=O) groups excluding carboxylic acids is 1. The number of hydrogen-bond acceptors (Lipinski definition) is 5. The SMILES string of the molecule is O=C(Cn1cnc2ccccc2c1=O)Nc1nc2c(s1)CCc1ccccc1-2. The Morgan fingerprint density at radius 1 is 1.11 bits per heavy atom. The number of para-hydroxylation sites is 1. The van der Waals surface area contributed by atoms with Gasteiger partial charge in [0, 0.05) is 10.4 Å². The van der Waals surface area contributed by atoms with Crippen LogP contribution in [-0.4, -0.2) is 20.4 Å². The lowest BCUT2D eigenvalue weighted by atomic mass is 9.94. The number of fused-ring (bicyclic) bond motifs is 4. The molecule has 1 aliphatic rings. The summed E-state index contributed by atoms with van der Waals surface area (Å²) in [7, 11) is 0. The van der Waals surface area contributed by atoms with Crippen LogP contribution in [0.2, 0.25) is 0 Å². The second-order valence-electron chi connectivity index (χ2n) is 6.69. The number of amides is 1. The molecule has 0 spiro atoms. The molecule has 0 saturated carbocycles. The Morgan fingerprint density at radius 3 is 2.86 bits per heavy atom. The molecular weight excluding hydrogens is 372 g/mol. The molecule has 1 amide bonds. The van der Waals surface area contributed by atoms with E-state index in [2.05, 4.69) is 27.4 Å². The van der Waals surface area contributed by atoms with Gasteiger partial charge in [-0.25, -0.2) is 9.97 Å². The summed E-state index contributed by atoms with van der Waals surface area (Å²) in [5, 5.41) is 3.90. The van der Waals surface area contributed by atoms with Crippen molar-refractivity contribution < 1.29 is 4.79 Å². The van der Waals surface area contributed by atoms with Crippen molar-refractivity contribution in [2.24, 2.45) is 0 Å². The van der Waals surface area contributed by atoms with Crippen LogP contribution in [0.1, 0.15) is 10.4 Å². The second-order valence-corrected chi connectivity index (χ2v) is 7.77. The summed E-state index contributed by atoms with van der Waals surface area (Å²) in [6, 6.07) is 15.3. The molecule has 0 unspecified atom stereocenters. The van der Waals surface area contributed by atoms with E-state index >= 15 is 0 Å². The van der Waals surface area contributed by atoms with Crippen LogP contribution >= 0.6 is 11.3 Å². The predicted molar refractivity (Wildman–Crippen MR) is 110 cm³/mol. The first kappa shape index (κ1) is 16.8. The van der Waals surface area contributed by atoms with Crippen LogP contribution in [0.4, 0.5) is 5.13 Å². The Bertz CT molecular complexity index is 1270. The minimum absolute atomic E-state index is 0.0997. The number of aryl methyl sites for hydroxylation is 2. The first-order chi connectivity index (χ1) is 13.7. The molecule has 0 radical (unpaired) electrons. The van der Waals surface area contributed by atoms with E-state index in [0.717, 1.165) is 24.1 Å². The number of aromatic nitrogens is 3. The standard InChI is InChI=1S/C21H16N4O2S/c26-18(11-25-12-22-16-8-4-3-7-15(16)20(25)27)23-21-24-19-14-6-2-1-5-13(14)9-10-17(19)28-21/h1-8,12H,9-11H2,(H,23,24,26). The van der Waals surface area contributed by atoms with Crippen molar-refractivity contribution in [3.8, 4) is 11.3 Å². The second kappa shape index (κ2) is 6.69. The first-order valence-corrected chi connectivity index (χ1v) is 9.83. The highest BCUT2D eigenvalue weighted by atomic mass is 32.1. The molecule has 0 saturated heterocycles. The van der Waals surface area contributed by atoms with E-state index in [1.165, 1.54) is 32.7 Å². The van der Waals surface area contributed by atoms with Gasteiger partial charge in [0.2, 0.25) is 5.91 Å². The van der Waals surface area contributed by atoms with Crippen molar-refractivity contribution in [2.45, 2.75) is 19.4 Å². The maximum atomic E-state index is 12.5. The fraction of sp³-hybridized carbons (Fsp3) is 0.143. The molecule has 2 aromatic carbocycles. The van der Waals surface area contributed by atoms with Gasteiger partial charge >= 0.3 is 0 Å². The van der Waals surface area contributed by atoms with Gasteiger partial charge in [-0.1, -0.05) is 36.4 Å². The van der Waals surface area contributed by atoms with Crippen LogP contribution in [0.5, 0.6) is 0 Å². The Balaban J connectivity index is 1.38. The van der Waals surface area contributed by atoms with Gasteiger partial charge in [-0.2, -0.15) is 0 Å². The Labute approximate surface area is 164 Å². The zero-order valence-electron chi connectivity index (χ0n) is 14.9. The van der Waals surface area contributed by atoms with Crippen molar-refractivity contribution >= 4 is 33.3 Å². The largest absolute Gasteiger partial charge is 0.300 e. The Morgan fingerprint density at radius 2 is 1.93 bits per heavy atom. The lowest BCUT2D eigenvalue weighted by molar-refractivity contribution is -0.116. The number of benzene rings is 2. The number of rotatable bonds is 3. The lowest BCUT2D eigenvalue weighted by Crippen LogP contribution is -2.27. The minimum Gasteiger partial charge on any atom is -0.300 e. The lowest BCUT2D eigenvalue weighted by Gasteiger charge is -2.13. The zero-order valence-corrected chi connectivity index (χ0v) is 15.7. The fourth-order valence-corrected chi connectivity index (χ4v) is 4.53. The van der Waals surface area contributed by atoms with Crippen LogP contribution in [-0.2, 0) is 24.2 Å². The molecule has 28 heavy (non-hydrogen) atoms. The van der Waals surface area contributed by atoms with E-state index in [9.17, 15) is 9.59 Å². The topological polar surface area (TPSA) is 76.9 Å². The van der Waals surface area contributed by atoms with Crippen LogP contribution in [0.3, 0.4) is 0 Å². The number of nitrogens with one attached hydrogen (secondary N) is 1. The molecule has 138 valence electrons. The van der Waals surface area contributed by atoms with Crippen LogP contribution < -0.4 is 10.9 Å². The van der Waals surface area contributed by atoms with Gasteiger partial charge in [-0.05, 0) is 30.5 Å². The van der Waals surface area contributed by atoms with Gasteiger partial charge in [0.05, 0.1) is 22.9 Å². The molecular formula is C21H16N4O2S. The van der Waals surface area contributed by atoms with E-state index < -0.39 is 0 Å². The number of carbonyl (C=O) groups is 1. The number of anilines is 1. The fourth-order valence-electron chi connectivity index (χ4n) is 3.53. The highest BCUT2D eigenvalue weighted by Gasteiger charge is 2.21. The molecule has 5 rings (SSSR count). The van der Waals surface area contributed by atoms with Crippen LogP contribution in [0, 0.1) is 0 Å². The number of thiazole rings is 1. The van der Waals surface area contributed by atoms with Crippen molar-refractivity contribution in [3.05, 3.63) is 75.7 Å². The molecule has 6 nitrogen and oxygen atoms in total. The van der Waals surface area contributed by atoms with Gasteiger partial charge in [0.1, 0.15) is 6.54 Å². The molecule has 0 aliphatic heterocycles. The molecule has 0 bridgehead atoms. The normalized spacial score (nSPS) is 12.4. The summed E-state index contributed by atoms with van der Waals surface area (Å²) in [6.45, 7) is -0.0997. The van der Waals surface area contributed by atoms with Gasteiger partial charge in [-0.15, -0.1) is 11.3 Å². The number of nitrogens with zero attached hydrogens (tertiary/aromatic N) is 3. The van der Waals surface area contributed by atoms with E-state index in [1.54, 1.807) is 18.2 Å². The van der Waals surface area contributed by atoms with Crippen molar-refractivity contribution in [2.75, 3.05) is 5.32 Å². The smallest absolute Gasteiger partial charge is 0.261 e. The summed E-state index contributed by atoms with van der Waals surface area (Å²) < 4.78 is 1.32. The van der Waals surface area contributed by atoms with E-state index in [-0.39, 0.29) is 18.0 Å². The summed E-state index contributed by atoms with van der Waals surface area (Å²) >= 11 is 1.50. The van der Waals surface area contributed by atoms with Crippen molar-refractivity contribution in [1.82, 2.24) is 14.5 Å². The summed E-state index contributed by atoms with van der Waals surface area (Å²) in [5.41, 5.74) is 3.76. The van der Waals surface area contributed by atoms with Gasteiger partial charge in [0.25, 0.3) is 5.56 Å². The molecule has 2 aromatic heterocycles. The molecule has 1 N–H and O–H groups in total. The quantitative estimate of drug-likeness (QED) is 0.584. The van der Waals surface area contributed by atoms with Gasteiger partial charge < -0.3 is 5.32 Å².